The topological polar surface area (TPSA) is 270 Å². The third-order valence-electron chi connectivity index (χ3n) is 10.9. The molecule has 0 fully saturated rings. The van der Waals surface area contributed by atoms with Gasteiger partial charge in [0.05, 0.1) is 36.5 Å². The standard InChI is InChI=1S/C19H11ClF3N3O2S2.C12H8ClN3O2S2.C9H5Cl2NO2S.C7H5BClF3O2.C3H4N2S.CH4/c20-16-10-12(19(21,22)23)1-3-15(16)17-14-4-2-13(9-11(14)5-6-24-17)30(27,28)26-18-25-7-8-29-18;13-11-10-2-1-9(7-8(10)3-4-14-11)20(17,18)16-12-15-5-6-19-12;10-9-8-2-1-7(15(11,13)14)5-6(8)3-4-12-9;9-6-3-4(7(10,11)12)1-2-5(6)8(13)14;4-3-5-1-2-6-3;/h1-10H,(H,25,26);1-7H,(H,15,16);1-5H;1-3,13-14H;1-2H,(H2,4,5);1H4. The van der Waals surface area contributed by atoms with Crippen molar-refractivity contribution in [2.24, 2.45) is 0 Å². The first-order valence-electron chi connectivity index (χ1n) is 22.9. The number of nitrogens with one attached hydrogen (secondary N) is 2. The van der Waals surface area contributed by atoms with Crippen LogP contribution >= 0.6 is 91.1 Å². The predicted molar refractivity (Wildman–Crippen MR) is 329 cm³/mol. The smallest absolute Gasteiger partial charge is 0.423 e. The highest BCUT2D eigenvalue weighted by molar-refractivity contribution is 8.13. The summed E-state index contributed by atoms with van der Waals surface area (Å²) in [4.78, 5) is 23.8. The molecule has 11 aromatic rings. The van der Waals surface area contributed by atoms with Crippen LogP contribution in [-0.4, -0.2) is 72.3 Å². The Kier molecular flexibility index (Phi) is 23.1. The van der Waals surface area contributed by atoms with Crippen LogP contribution < -0.4 is 20.6 Å². The Morgan fingerprint density at radius 2 is 0.907 bits per heavy atom. The van der Waals surface area contributed by atoms with Crippen molar-refractivity contribution >= 4 is 180 Å². The van der Waals surface area contributed by atoms with E-state index < -0.39 is 59.7 Å². The molecule has 0 aliphatic carbocycles. The summed E-state index contributed by atoms with van der Waals surface area (Å²) in [7, 11) is -7.86. The van der Waals surface area contributed by atoms with Crippen molar-refractivity contribution in [3.63, 3.8) is 0 Å². The first kappa shape index (κ1) is 68.6. The maximum atomic E-state index is 12.9. The molecule has 5 aromatic carbocycles. The van der Waals surface area contributed by atoms with Crippen LogP contribution in [-0.2, 0) is 41.5 Å². The molecule has 0 saturated heterocycles. The average molecular weight is 1400 g/mol. The minimum absolute atomic E-state index is 0. The molecule has 86 heavy (non-hydrogen) atoms. The molecule has 450 valence electrons. The van der Waals surface area contributed by atoms with Gasteiger partial charge in [0.25, 0.3) is 29.1 Å². The molecule has 17 nitrogen and oxygen atoms in total. The lowest BCUT2D eigenvalue weighted by molar-refractivity contribution is -0.138. The maximum Gasteiger partial charge on any atom is 0.489 e. The number of anilines is 3. The van der Waals surface area contributed by atoms with Crippen molar-refractivity contribution in [2.75, 3.05) is 15.2 Å². The second-order valence-electron chi connectivity index (χ2n) is 16.5. The Morgan fingerprint density at radius 3 is 1.30 bits per heavy atom. The van der Waals surface area contributed by atoms with Crippen LogP contribution in [0.1, 0.15) is 18.6 Å². The number of pyridine rings is 3. The molecule has 6 heterocycles. The molecule has 0 unspecified atom stereocenters. The molecule has 0 radical (unpaired) electrons. The van der Waals surface area contributed by atoms with Gasteiger partial charge in [0.2, 0.25) is 0 Å². The van der Waals surface area contributed by atoms with E-state index in [1.807, 2.05) is 5.38 Å². The quantitative estimate of drug-likeness (QED) is 0.0389. The number of nitrogens with two attached hydrogens (primary N) is 1. The van der Waals surface area contributed by atoms with Crippen molar-refractivity contribution in [2.45, 2.75) is 34.5 Å². The first-order valence-corrected chi connectivity index (χ1v) is 32.4. The van der Waals surface area contributed by atoms with Crippen LogP contribution in [0.4, 0.5) is 41.7 Å². The summed E-state index contributed by atoms with van der Waals surface area (Å²) in [5, 5.41) is 27.9. The zero-order chi connectivity index (χ0) is 62.1. The predicted octanol–water partition coefficient (Wildman–Crippen LogP) is 14.2. The van der Waals surface area contributed by atoms with Gasteiger partial charge in [0.15, 0.2) is 15.4 Å². The zero-order valence-corrected chi connectivity index (χ0v) is 50.6. The molecule has 0 aliphatic rings. The summed E-state index contributed by atoms with van der Waals surface area (Å²) >= 11 is 27.1. The van der Waals surface area contributed by atoms with Crippen LogP contribution in [0.15, 0.2) is 177 Å². The number of thiazole rings is 3. The van der Waals surface area contributed by atoms with E-state index in [0.29, 0.717) is 70.2 Å². The summed E-state index contributed by atoms with van der Waals surface area (Å²) in [5.74, 6) is 0. The minimum Gasteiger partial charge on any atom is -0.423 e. The van der Waals surface area contributed by atoms with E-state index in [-0.39, 0.29) is 42.8 Å². The van der Waals surface area contributed by atoms with Crippen molar-refractivity contribution in [1.29, 1.82) is 0 Å². The molecule has 6 N–H and O–H groups in total. The number of halogens is 11. The van der Waals surface area contributed by atoms with E-state index in [0.717, 1.165) is 35.6 Å². The van der Waals surface area contributed by atoms with Crippen molar-refractivity contribution < 1.29 is 61.6 Å². The Bertz CT molecular complexity index is 4500. The molecule has 0 saturated carbocycles. The summed E-state index contributed by atoms with van der Waals surface area (Å²) in [6.07, 6.45) is 0.189. The maximum absolute atomic E-state index is 12.9. The first-order chi connectivity index (χ1) is 39.9. The number of hydrogen-bond acceptors (Lipinski definition) is 18. The molecule has 6 aromatic heterocycles. The number of nitrogen functional groups attached to an aromatic ring is 1. The monoisotopic (exact) mass is 1390 g/mol. The minimum atomic E-state index is -4.51. The van der Waals surface area contributed by atoms with Crippen molar-refractivity contribution in [3.05, 3.63) is 194 Å². The number of fused-ring (bicyclic) bond motifs is 3. The van der Waals surface area contributed by atoms with Gasteiger partial charge in [0, 0.05) is 96.2 Å². The average Bonchev–Trinajstić information content (AvgIpc) is 3.88. The normalized spacial score (nSPS) is 11.5. The van der Waals surface area contributed by atoms with E-state index in [2.05, 4.69) is 39.3 Å². The number of aromatic nitrogens is 6. The number of benzene rings is 5. The molecular formula is C51H37BCl5F6N9O8S6. The zero-order valence-electron chi connectivity index (χ0n) is 41.9. The van der Waals surface area contributed by atoms with Gasteiger partial charge < -0.3 is 15.8 Å². The molecule has 0 aliphatic heterocycles. The number of nitrogens with zero attached hydrogens (tertiary/aromatic N) is 6. The van der Waals surface area contributed by atoms with Crippen molar-refractivity contribution in [1.82, 2.24) is 29.9 Å². The summed E-state index contributed by atoms with van der Waals surface area (Å²) in [5.41, 5.74) is 3.91. The summed E-state index contributed by atoms with van der Waals surface area (Å²) < 4.78 is 152. The van der Waals surface area contributed by atoms with Gasteiger partial charge >= 0.3 is 19.5 Å². The van der Waals surface area contributed by atoms with Gasteiger partial charge in [-0.15, -0.1) is 34.0 Å². The second kappa shape index (κ2) is 29.0. The van der Waals surface area contributed by atoms with Crippen molar-refractivity contribution in [3.8, 4) is 11.3 Å². The third kappa shape index (κ3) is 18.3. The fraction of sp³-hybridized carbons (Fsp3) is 0.0588. The molecule has 11 rings (SSSR count). The van der Waals surface area contributed by atoms with Gasteiger partial charge in [-0.2, -0.15) is 26.3 Å². The third-order valence-corrected chi connectivity index (χ3v) is 18.4. The van der Waals surface area contributed by atoms with Crippen LogP contribution in [0.3, 0.4) is 0 Å². The Hall–Kier alpha value is -6.52. The molecule has 0 spiro atoms. The fourth-order valence-electron chi connectivity index (χ4n) is 7.02. The van der Waals surface area contributed by atoms with Gasteiger partial charge in [-0.05, 0) is 101 Å². The lowest BCUT2D eigenvalue weighted by atomic mass is 9.80. The highest BCUT2D eigenvalue weighted by Gasteiger charge is 2.33. The van der Waals surface area contributed by atoms with Gasteiger partial charge in [0.1, 0.15) is 10.3 Å². The lowest BCUT2D eigenvalue weighted by Gasteiger charge is -2.12. The Morgan fingerprint density at radius 1 is 0.488 bits per heavy atom. The highest BCUT2D eigenvalue weighted by Crippen LogP contribution is 2.38. The number of hydrogen-bond donors (Lipinski definition) is 5. The largest absolute Gasteiger partial charge is 0.489 e. The van der Waals surface area contributed by atoms with Crippen LogP contribution in [0.2, 0.25) is 20.4 Å². The van der Waals surface area contributed by atoms with E-state index in [4.69, 9.17) is 72.9 Å². The number of sulfonamides is 2. The Labute approximate surface area is 522 Å². The van der Waals surface area contributed by atoms with Gasteiger partial charge in [-0.25, -0.2) is 50.2 Å². The molecular weight excluding hydrogens is 1360 g/mol. The van der Waals surface area contributed by atoms with E-state index >= 15 is 0 Å². The Balaban J connectivity index is 0.000000184. The summed E-state index contributed by atoms with van der Waals surface area (Å²) in [6, 6.07) is 23.9. The van der Waals surface area contributed by atoms with E-state index in [1.165, 1.54) is 90.1 Å². The molecule has 0 atom stereocenters. The highest BCUT2D eigenvalue weighted by atomic mass is 35.7. The lowest BCUT2D eigenvalue weighted by Crippen LogP contribution is -2.31. The van der Waals surface area contributed by atoms with E-state index in [9.17, 15) is 51.6 Å². The molecule has 0 amide bonds. The fourth-order valence-corrected chi connectivity index (χ4v) is 12.8. The molecule has 0 bridgehead atoms. The summed E-state index contributed by atoms with van der Waals surface area (Å²) in [6.45, 7) is 0. The van der Waals surface area contributed by atoms with Crippen LogP contribution in [0.5, 0.6) is 0 Å². The van der Waals surface area contributed by atoms with Gasteiger partial charge in [-0.3, -0.25) is 14.4 Å². The number of alkyl halides is 6. The number of rotatable bonds is 9. The molecule has 35 heteroatoms. The second-order valence-corrected chi connectivity index (χ2v) is 26.7. The van der Waals surface area contributed by atoms with E-state index in [1.54, 1.807) is 59.4 Å². The van der Waals surface area contributed by atoms with Crippen LogP contribution in [0.25, 0.3) is 43.6 Å². The SMILES string of the molecule is C.Nc1nccs1.O=S(=O)(Cl)c1ccc2c(Cl)nccc2c1.O=S(=O)(Nc1nccs1)c1ccc2c(-c3ccc(C(F)(F)F)cc3Cl)nccc2c1.O=S(=O)(Nc1nccs1)c1ccc2c(Cl)nccc2c1.OB(O)c1ccc(C(F)(F)F)cc1Cl. The van der Waals surface area contributed by atoms with Gasteiger partial charge in [-0.1, -0.05) is 78.1 Å². The van der Waals surface area contributed by atoms with Crippen LogP contribution in [0, 0.1) is 0 Å².